The topological polar surface area (TPSA) is 26.3 Å². The molecule has 0 spiro atoms. The summed E-state index contributed by atoms with van der Waals surface area (Å²) in [7, 11) is 1.45. The number of benzene rings is 1. The second-order valence-corrected chi connectivity index (χ2v) is 5.53. The summed E-state index contributed by atoms with van der Waals surface area (Å²) in [5.41, 5.74) is 0. The molecule has 0 bridgehead atoms. The Morgan fingerprint density at radius 3 is 2.57 bits per heavy atom. The van der Waals surface area contributed by atoms with Crippen molar-refractivity contribution in [3.05, 3.63) is 30.3 Å². The van der Waals surface area contributed by atoms with Gasteiger partial charge in [-0.2, -0.15) is 0 Å². The van der Waals surface area contributed by atoms with E-state index in [-0.39, 0.29) is 25.7 Å². The summed E-state index contributed by atoms with van der Waals surface area (Å²) in [4.78, 5) is 11.4. The van der Waals surface area contributed by atoms with Gasteiger partial charge < -0.3 is 0 Å². The number of esters is 1. The van der Waals surface area contributed by atoms with Crippen LogP contribution in [0.15, 0.2) is 30.3 Å². The first-order valence-electron chi connectivity index (χ1n) is 4.57. The van der Waals surface area contributed by atoms with Crippen molar-refractivity contribution in [2.75, 3.05) is 7.11 Å². The normalized spacial score (nSPS) is 12.1. The van der Waals surface area contributed by atoms with Crippen LogP contribution in [-0.2, 0) is 9.53 Å². The van der Waals surface area contributed by atoms with Crippen molar-refractivity contribution in [3.8, 4) is 0 Å². The van der Waals surface area contributed by atoms with Crippen LogP contribution in [0.5, 0.6) is 0 Å². The average Bonchev–Trinajstić information content (AvgIpc) is 2.26. The molecule has 0 fully saturated rings. The van der Waals surface area contributed by atoms with Crippen molar-refractivity contribution in [2.24, 2.45) is 0 Å². The van der Waals surface area contributed by atoms with E-state index in [1.807, 2.05) is 25.1 Å². The molecule has 0 aliphatic rings. The Bertz CT molecular complexity index is 285. The Labute approximate surface area is 90.8 Å². The molecule has 1 aromatic carbocycles. The SMILES string of the molecule is CCC([Se]c1ccccc1)C(=O)OC. The van der Waals surface area contributed by atoms with Gasteiger partial charge in [-0.25, -0.2) is 0 Å². The average molecular weight is 257 g/mol. The molecule has 0 saturated carbocycles. The third-order valence-corrected chi connectivity index (χ3v) is 4.70. The summed E-state index contributed by atoms with van der Waals surface area (Å²) in [6.45, 7) is 2.02. The maximum absolute atomic E-state index is 11.3. The van der Waals surface area contributed by atoms with E-state index in [9.17, 15) is 4.79 Å². The Morgan fingerprint density at radius 1 is 1.43 bits per heavy atom. The molecule has 3 heteroatoms. The van der Waals surface area contributed by atoms with Gasteiger partial charge in [-0.15, -0.1) is 0 Å². The molecule has 14 heavy (non-hydrogen) atoms. The third kappa shape index (κ3) is 3.17. The predicted molar refractivity (Wildman–Crippen MR) is 57.9 cm³/mol. The van der Waals surface area contributed by atoms with Gasteiger partial charge in [0.15, 0.2) is 0 Å². The third-order valence-electron chi connectivity index (χ3n) is 1.86. The molecule has 1 atom stereocenters. The molecular weight excluding hydrogens is 243 g/mol. The van der Waals surface area contributed by atoms with Crippen LogP contribution in [0.25, 0.3) is 0 Å². The first-order valence-corrected chi connectivity index (χ1v) is 6.42. The standard InChI is InChI=1S/C11H14O2Se/c1-3-10(11(12)13-2)14-9-7-5-4-6-8-9/h4-8,10H,3H2,1-2H3. The van der Waals surface area contributed by atoms with Crippen molar-refractivity contribution in [3.63, 3.8) is 0 Å². The zero-order valence-electron chi connectivity index (χ0n) is 8.40. The van der Waals surface area contributed by atoms with E-state index in [2.05, 4.69) is 12.1 Å². The zero-order chi connectivity index (χ0) is 10.4. The van der Waals surface area contributed by atoms with E-state index in [1.54, 1.807) is 0 Å². The van der Waals surface area contributed by atoms with Crippen molar-refractivity contribution >= 4 is 25.4 Å². The van der Waals surface area contributed by atoms with Crippen LogP contribution < -0.4 is 4.46 Å². The minimum absolute atomic E-state index is 0.0508. The number of carbonyl (C=O) groups excluding carboxylic acids is 1. The molecule has 0 amide bonds. The van der Waals surface area contributed by atoms with Gasteiger partial charge in [-0.3, -0.25) is 0 Å². The van der Waals surface area contributed by atoms with Gasteiger partial charge >= 0.3 is 90.5 Å². The summed E-state index contributed by atoms with van der Waals surface area (Å²) >= 11 is 0.184. The molecule has 0 N–H and O–H groups in total. The molecule has 76 valence electrons. The first kappa shape index (κ1) is 11.3. The van der Waals surface area contributed by atoms with Crippen molar-refractivity contribution < 1.29 is 9.53 Å². The predicted octanol–water partition coefficient (Wildman–Crippen LogP) is 1.39. The van der Waals surface area contributed by atoms with Gasteiger partial charge in [0.25, 0.3) is 0 Å². The molecule has 1 rings (SSSR count). The van der Waals surface area contributed by atoms with Gasteiger partial charge in [-0.05, 0) is 0 Å². The molecular formula is C11H14O2Se. The van der Waals surface area contributed by atoms with Crippen LogP contribution in [0.2, 0.25) is 4.82 Å². The second-order valence-electron chi connectivity index (χ2n) is 2.85. The van der Waals surface area contributed by atoms with Crippen LogP contribution >= 0.6 is 0 Å². The summed E-state index contributed by atoms with van der Waals surface area (Å²) in [6.07, 6.45) is 0.849. The van der Waals surface area contributed by atoms with Crippen LogP contribution in [0.4, 0.5) is 0 Å². The fourth-order valence-electron chi connectivity index (χ4n) is 1.09. The summed E-state index contributed by atoms with van der Waals surface area (Å²) < 4.78 is 6.00. The van der Waals surface area contributed by atoms with Crippen molar-refractivity contribution in [1.82, 2.24) is 0 Å². The van der Waals surface area contributed by atoms with Crippen LogP contribution in [-0.4, -0.2) is 28.0 Å². The summed E-state index contributed by atoms with van der Waals surface area (Å²) in [5, 5.41) is 0. The van der Waals surface area contributed by atoms with Crippen LogP contribution in [0, 0.1) is 0 Å². The molecule has 0 aromatic heterocycles. The van der Waals surface area contributed by atoms with E-state index in [1.165, 1.54) is 11.6 Å². The molecule has 0 aliphatic carbocycles. The van der Waals surface area contributed by atoms with Gasteiger partial charge in [0.05, 0.1) is 0 Å². The van der Waals surface area contributed by atoms with Crippen molar-refractivity contribution in [2.45, 2.75) is 18.2 Å². The number of carbonyl (C=O) groups is 1. The van der Waals surface area contributed by atoms with Crippen LogP contribution in [0.1, 0.15) is 13.3 Å². The van der Waals surface area contributed by atoms with Crippen LogP contribution in [0.3, 0.4) is 0 Å². The summed E-state index contributed by atoms with van der Waals surface area (Å²) in [6, 6.07) is 10.1. The Hall–Kier alpha value is -0.791. The summed E-state index contributed by atoms with van der Waals surface area (Å²) in [5.74, 6) is -0.0867. The molecule has 0 radical (unpaired) electrons. The molecule has 1 unspecified atom stereocenters. The van der Waals surface area contributed by atoms with E-state index in [0.717, 1.165) is 6.42 Å². The quantitative estimate of drug-likeness (QED) is 0.602. The monoisotopic (exact) mass is 258 g/mol. The molecule has 2 nitrogen and oxygen atoms in total. The van der Waals surface area contributed by atoms with E-state index in [4.69, 9.17) is 4.74 Å². The molecule has 0 heterocycles. The Kier molecular flexibility index (Phi) is 4.71. The van der Waals surface area contributed by atoms with Gasteiger partial charge in [0.1, 0.15) is 0 Å². The first-order chi connectivity index (χ1) is 6.77. The number of methoxy groups -OCH3 is 1. The van der Waals surface area contributed by atoms with Crippen molar-refractivity contribution in [1.29, 1.82) is 0 Å². The van der Waals surface area contributed by atoms with E-state index < -0.39 is 0 Å². The number of hydrogen-bond donors (Lipinski definition) is 0. The Balaban J connectivity index is 2.62. The Morgan fingerprint density at radius 2 is 2.07 bits per heavy atom. The molecule has 1 aromatic rings. The molecule has 0 aliphatic heterocycles. The maximum atomic E-state index is 11.3. The zero-order valence-corrected chi connectivity index (χ0v) is 10.1. The number of hydrogen-bond acceptors (Lipinski definition) is 2. The van der Waals surface area contributed by atoms with E-state index >= 15 is 0 Å². The number of ether oxygens (including phenoxy) is 1. The fraction of sp³-hybridized carbons (Fsp3) is 0.364. The molecule has 0 saturated heterocycles. The number of rotatable bonds is 4. The van der Waals surface area contributed by atoms with E-state index in [0.29, 0.717) is 0 Å². The van der Waals surface area contributed by atoms with Gasteiger partial charge in [0, 0.05) is 0 Å². The van der Waals surface area contributed by atoms with Gasteiger partial charge in [0.2, 0.25) is 0 Å². The minimum atomic E-state index is -0.0867. The van der Waals surface area contributed by atoms with Gasteiger partial charge in [-0.1, -0.05) is 0 Å². The second kappa shape index (κ2) is 5.84. The fourth-order valence-corrected chi connectivity index (χ4v) is 3.19.